The van der Waals surface area contributed by atoms with Crippen LogP contribution in [0.5, 0.6) is 0 Å². The number of benzene rings is 2. The minimum Gasteiger partial charge on any atom is -0.352 e. The van der Waals surface area contributed by atoms with Crippen LogP contribution in [-0.2, 0) is 17.8 Å². The van der Waals surface area contributed by atoms with Crippen molar-refractivity contribution in [3.8, 4) is 5.69 Å². The summed E-state index contributed by atoms with van der Waals surface area (Å²) in [5.74, 6) is -0.475. The van der Waals surface area contributed by atoms with Crippen LogP contribution in [0.15, 0.2) is 53.3 Å². The van der Waals surface area contributed by atoms with Gasteiger partial charge in [0.2, 0.25) is 5.91 Å². The molecule has 0 aliphatic carbocycles. The fourth-order valence-corrected chi connectivity index (χ4v) is 2.72. The highest BCUT2D eigenvalue weighted by atomic mass is 79.9. The second kappa shape index (κ2) is 7.31. The first-order chi connectivity index (χ1) is 11.6. The van der Waals surface area contributed by atoms with Crippen molar-refractivity contribution >= 4 is 21.8 Å². The number of carbonyl (C=O) groups excluding carboxylic acids is 1. The monoisotopic (exact) mass is 389 g/mol. The summed E-state index contributed by atoms with van der Waals surface area (Å²) in [5.41, 5.74) is 2.38. The van der Waals surface area contributed by atoms with Crippen LogP contribution < -0.4 is 5.32 Å². The Balaban J connectivity index is 1.56. The van der Waals surface area contributed by atoms with Gasteiger partial charge in [0.1, 0.15) is 12.1 Å². The summed E-state index contributed by atoms with van der Waals surface area (Å²) in [5, 5.41) is 13.7. The van der Waals surface area contributed by atoms with Crippen molar-refractivity contribution in [2.75, 3.05) is 0 Å². The third kappa shape index (κ3) is 4.23. The first-order valence-electron chi connectivity index (χ1n) is 7.14. The molecule has 1 aromatic heterocycles. The minimum absolute atomic E-state index is 0.134. The molecule has 0 atom stereocenters. The summed E-state index contributed by atoms with van der Waals surface area (Å²) < 4.78 is 15.5. The van der Waals surface area contributed by atoms with Crippen LogP contribution in [0, 0.1) is 5.82 Å². The van der Waals surface area contributed by atoms with Crippen LogP contribution in [0.1, 0.15) is 11.1 Å². The minimum atomic E-state index is -0.341. The molecule has 1 N–H and O–H groups in total. The molecule has 0 saturated heterocycles. The van der Waals surface area contributed by atoms with Crippen LogP contribution in [0.4, 0.5) is 4.39 Å². The highest BCUT2D eigenvalue weighted by Gasteiger charge is 2.06. The van der Waals surface area contributed by atoms with E-state index >= 15 is 0 Å². The van der Waals surface area contributed by atoms with E-state index in [1.165, 1.54) is 23.1 Å². The Bertz CT molecular complexity index is 816. The molecule has 0 bridgehead atoms. The molecular weight excluding hydrogens is 377 g/mol. The number of amides is 1. The molecule has 0 spiro atoms. The largest absolute Gasteiger partial charge is 0.352 e. The average Bonchev–Trinajstić information content (AvgIpc) is 3.07. The molecule has 0 saturated carbocycles. The second-order valence-electron chi connectivity index (χ2n) is 5.15. The fraction of sp³-hybridized carbons (Fsp3) is 0.125. The van der Waals surface area contributed by atoms with Crippen molar-refractivity contribution in [3.05, 3.63) is 70.2 Å². The highest BCUT2D eigenvalue weighted by molar-refractivity contribution is 9.10. The molecule has 0 aliphatic heterocycles. The van der Waals surface area contributed by atoms with E-state index in [1.54, 1.807) is 6.07 Å². The Morgan fingerprint density at radius 1 is 1.17 bits per heavy atom. The van der Waals surface area contributed by atoms with Crippen molar-refractivity contribution in [1.82, 2.24) is 25.5 Å². The van der Waals surface area contributed by atoms with Gasteiger partial charge >= 0.3 is 0 Å². The normalized spacial score (nSPS) is 10.6. The average molecular weight is 390 g/mol. The molecule has 0 unspecified atom stereocenters. The maximum atomic E-state index is 13.3. The van der Waals surface area contributed by atoms with Crippen molar-refractivity contribution < 1.29 is 9.18 Å². The second-order valence-corrected chi connectivity index (χ2v) is 6.07. The zero-order valence-corrected chi connectivity index (χ0v) is 14.1. The standard InChI is InChI=1S/C16H13BrFN5O/c17-13-5-12(6-14(18)8-13)9-19-16(24)7-11-1-3-15(4-2-11)23-10-20-21-22-23/h1-6,8,10H,7,9H2,(H,19,24). The van der Waals surface area contributed by atoms with Gasteiger partial charge in [-0.2, -0.15) is 0 Å². The maximum absolute atomic E-state index is 13.3. The topological polar surface area (TPSA) is 72.7 Å². The molecule has 0 radical (unpaired) electrons. The molecule has 0 aliphatic rings. The number of nitrogens with one attached hydrogen (secondary N) is 1. The zero-order valence-electron chi connectivity index (χ0n) is 12.5. The molecule has 8 heteroatoms. The molecule has 3 aromatic rings. The van der Waals surface area contributed by atoms with Gasteiger partial charge in [0, 0.05) is 11.0 Å². The molecule has 3 rings (SSSR count). The first kappa shape index (κ1) is 16.3. The van der Waals surface area contributed by atoms with E-state index in [2.05, 4.69) is 36.8 Å². The van der Waals surface area contributed by atoms with Crippen LogP contribution in [0.3, 0.4) is 0 Å². The lowest BCUT2D eigenvalue weighted by Gasteiger charge is -2.07. The summed E-state index contributed by atoms with van der Waals surface area (Å²) in [6.07, 6.45) is 1.74. The zero-order chi connectivity index (χ0) is 16.9. The predicted octanol–water partition coefficient (Wildman–Crippen LogP) is 2.42. The number of hydrogen-bond acceptors (Lipinski definition) is 4. The van der Waals surface area contributed by atoms with Gasteiger partial charge in [-0.25, -0.2) is 9.07 Å². The first-order valence-corrected chi connectivity index (χ1v) is 7.93. The number of halogens is 2. The number of hydrogen-bond donors (Lipinski definition) is 1. The summed E-state index contributed by atoms with van der Waals surface area (Å²) in [6.45, 7) is 0.276. The van der Waals surface area contributed by atoms with Crippen LogP contribution in [-0.4, -0.2) is 26.1 Å². The molecule has 1 amide bonds. The van der Waals surface area contributed by atoms with E-state index in [1.807, 2.05) is 24.3 Å². The van der Waals surface area contributed by atoms with Gasteiger partial charge in [-0.15, -0.1) is 5.10 Å². The van der Waals surface area contributed by atoms with E-state index in [-0.39, 0.29) is 24.7 Å². The Kier molecular flexibility index (Phi) is 4.95. The molecule has 122 valence electrons. The van der Waals surface area contributed by atoms with Gasteiger partial charge in [-0.3, -0.25) is 4.79 Å². The maximum Gasteiger partial charge on any atom is 0.224 e. The molecule has 1 heterocycles. The number of tetrazole rings is 1. The highest BCUT2D eigenvalue weighted by Crippen LogP contribution is 2.15. The third-order valence-corrected chi connectivity index (χ3v) is 3.78. The Morgan fingerprint density at radius 2 is 1.96 bits per heavy atom. The van der Waals surface area contributed by atoms with Crippen LogP contribution >= 0.6 is 15.9 Å². The number of rotatable bonds is 5. The Hall–Kier alpha value is -2.61. The van der Waals surface area contributed by atoms with Gasteiger partial charge in [-0.05, 0) is 51.9 Å². The van der Waals surface area contributed by atoms with Gasteiger partial charge in [0.05, 0.1) is 12.1 Å². The van der Waals surface area contributed by atoms with Gasteiger partial charge in [0.25, 0.3) is 0 Å². The smallest absolute Gasteiger partial charge is 0.224 e. The third-order valence-electron chi connectivity index (χ3n) is 3.33. The number of carbonyl (C=O) groups is 1. The summed E-state index contributed by atoms with van der Waals surface area (Å²) in [6, 6.07) is 11.9. The molecule has 24 heavy (non-hydrogen) atoms. The fourth-order valence-electron chi connectivity index (χ4n) is 2.21. The molecule has 2 aromatic carbocycles. The van der Waals surface area contributed by atoms with Crippen LogP contribution in [0.25, 0.3) is 5.69 Å². The van der Waals surface area contributed by atoms with Gasteiger partial charge in [0.15, 0.2) is 0 Å². The lowest BCUT2D eigenvalue weighted by atomic mass is 10.1. The Morgan fingerprint density at radius 3 is 2.62 bits per heavy atom. The van der Waals surface area contributed by atoms with E-state index in [9.17, 15) is 9.18 Å². The SMILES string of the molecule is O=C(Cc1ccc(-n2cnnn2)cc1)NCc1cc(F)cc(Br)c1. The van der Waals surface area contributed by atoms with E-state index in [0.717, 1.165) is 11.3 Å². The number of aromatic nitrogens is 4. The van der Waals surface area contributed by atoms with Crippen LogP contribution in [0.2, 0.25) is 0 Å². The van der Waals surface area contributed by atoms with E-state index < -0.39 is 0 Å². The van der Waals surface area contributed by atoms with Crippen molar-refractivity contribution in [1.29, 1.82) is 0 Å². The van der Waals surface area contributed by atoms with E-state index in [4.69, 9.17) is 0 Å². The van der Waals surface area contributed by atoms with Gasteiger partial charge < -0.3 is 5.32 Å². The van der Waals surface area contributed by atoms with Crippen molar-refractivity contribution in [3.63, 3.8) is 0 Å². The lowest BCUT2D eigenvalue weighted by molar-refractivity contribution is -0.120. The van der Waals surface area contributed by atoms with E-state index in [0.29, 0.717) is 10.0 Å². The summed E-state index contributed by atoms with van der Waals surface area (Å²) >= 11 is 3.23. The van der Waals surface area contributed by atoms with Crippen molar-refractivity contribution in [2.45, 2.75) is 13.0 Å². The lowest BCUT2D eigenvalue weighted by Crippen LogP contribution is -2.24. The van der Waals surface area contributed by atoms with Gasteiger partial charge in [-0.1, -0.05) is 28.1 Å². The number of nitrogens with zero attached hydrogens (tertiary/aromatic N) is 4. The summed E-state index contributed by atoms with van der Waals surface area (Å²) in [4.78, 5) is 12.0. The molecule has 0 fully saturated rings. The Labute approximate surface area is 145 Å². The molecule has 6 nitrogen and oxygen atoms in total. The van der Waals surface area contributed by atoms with Crippen molar-refractivity contribution in [2.24, 2.45) is 0 Å². The predicted molar refractivity (Wildman–Crippen MR) is 88.8 cm³/mol. The molecular formula is C16H13BrFN5O. The quantitative estimate of drug-likeness (QED) is 0.727. The summed E-state index contributed by atoms with van der Waals surface area (Å²) in [7, 11) is 0.